The van der Waals surface area contributed by atoms with E-state index in [4.69, 9.17) is 24.9 Å². The lowest BCUT2D eigenvalue weighted by atomic mass is 9.88. The first-order valence-electron chi connectivity index (χ1n) is 12.1. The van der Waals surface area contributed by atoms with Gasteiger partial charge in [0.05, 0.1) is 25.0 Å². The molecule has 0 bridgehead atoms. The van der Waals surface area contributed by atoms with E-state index in [-0.39, 0.29) is 30.2 Å². The molecule has 35 heavy (non-hydrogen) atoms. The second-order valence-electron chi connectivity index (χ2n) is 9.12. The number of ether oxygens (including phenoxy) is 3. The standard InChI is InChI=1S/C23H32N8O4/c1-30(23(32)27-14-17-3-2-6-34-17)16-9-18(10-16)35-20-11-19(15-12-25-21(24)26-13-15)28-22(29-20)31-4-7-33-8-5-31/h11-13,16-18H,2-10,14H2,1H3,(H,27,32)(H2,24,25,26)/t16-,17-,18-/m0/s1. The highest BCUT2D eigenvalue weighted by atomic mass is 16.5. The first-order chi connectivity index (χ1) is 17.0. The highest BCUT2D eigenvalue weighted by Crippen LogP contribution is 2.31. The van der Waals surface area contributed by atoms with Gasteiger partial charge in [-0.1, -0.05) is 0 Å². The zero-order chi connectivity index (χ0) is 24.2. The molecule has 12 heteroatoms. The van der Waals surface area contributed by atoms with E-state index in [1.54, 1.807) is 23.4 Å². The number of hydrogen-bond acceptors (Lipinski definition) is 10. The van der Waals surface area contributed by atoms with Gasteiger partial charge in [-0.2, -0.15) is 4.98 Å². The van der Waals surface area contributed by atoms with Crippen molar-refractivity contribution in [2.24, 2.45) is 0 Å². The van der Waals surface area contributed by atoms with Gasteiger partial charge in [-0.05, 0) is 12.8 Å². The summed E-state index contributed by atoms with van der Waals surface area (Å²) in [6, 6.07) is 1.84. The molecule has 0 spiro atoms. The quantitative estimate of drug-likeness (QED) is 0.586. The number of nitrogens with zero attached hydrogens (tertiary/aromatic N) is 6. The van der Waals surface area contributed by atoms with Crippen LogP contribution in [0.1, 0.15) is 25.7 Å². The van der Waals surface area contributed by atoms with E-state index in [9.17, 15) is 4.79 Å². The van der Waals surface area contributed by atoms with Gasteiger partial charge < -0.3 is 35.1 Å². The molecule has 2 aliphatic heterocycles. The molecule has 2 amide bonds. The first kappa shape index (κ1) is 23.5. The molecule has 4 heterocycles. The molecular formula is C23H32N8O4. The molecule has 1 aliphatic carbocycles. The summed E-state index contributed by atoms with van der Waals surface area (Å²) < 4.78 is 17.3. The maximum Gasteiger partial charge on any atom is 0.317 e. The number of aromatic nitrogens is 4. The Labute approximate surface area is 204 Å². The Kier molecular flexibility index (Phi) is 7.09. The van der Waals surface area contributed by atoms with Gasteiger partial charge in [0.1, 0.15) is 6.10 Å². The molecule has 3 N–H and O–H groups in total. The number of amides is 2. The largest absolute Gasteiger partial charge is 0.474 e. The summed E-state index contributed by atoms with van der Waals surface area (Å²) in [6.07, 6.45) is 6.91. The number of nitrogen functional groups attached to an aromatic ring is 1. The first-order valence-corrected chi connectivity index (χ1v) is 12.1. The highest BCUT2D eigenvalue weighted by molar-refractivity contribution is 5.74. The number of nitrogens with two attached hydrogens (primary N) is 1. The van der Waals surface area contributed by atoms with Crippen LogP contribution in [-0.4, -0.2) is 95.6 Å². The third-order valence-electron chi connectivity index (χ3n) is 6.68. The van der Waals surface area contributed by atoms with Crippen molar-refractivity contribution in [1.82, 2.24) is 30.2 Å². The smallest absolute Gasteiger partial charge is 0.317 e. The van der Waals surface area contributed by atoms with Crippen LogP contribution in [0.3, 0.4) is 0 Å². The number of nitrogens with one attached hydrogen (secondary N) is 1. The van der Waals surface area contributed by atoms with Crippen LogP contribution in [0.15, 0.2) is 18.5 Å². The van der Waals surface area contributed by atoms with Crippen LogP contribution in [0.5, 0.6) is 5.88 Å². The molecule has 0 aromatic carbocycles. The van der Waals surface area contributed by atoms with E-state index >= 15 is 0 Å². The summed E-state index contributed by atoms with van der Waals surface area (Å²) in [5, 5.41) is 2.98. The predicted molar refractivity (Wildman–Crippen MR) is 128 cm³/mol. The molecule has 2 aromatic rings. The van der Waals surface area contributed by atoms with Crippen LogP contribution in [-0.2, 0) is 9.47 Å². The Morgan fingerprint density at radius 2 is 2.00 bits per heavy atom. The van der Waals surface area contributed by atoms with E-state index in [0.29, 0.717) is 50.4 Å². The zero-order valence-electron chi connectivity index (χ0n) is 19.9. The van der Waals surface area contributed by atoms with Crippen molar-refractivity contribution in [3.63, 3.8) is 0 Å². The molecule has 1 saturated carbocycles. The summed E-state index contributed by atoms with van der Waals surface area (Å²) in [6.45, 7) is 4.00. The monoisotopic (exact) mass is 484 g/mol. The van der Waals surface area contributed by atoms with Crippen LogP contribution in [0.4, 0.5) is 16.7 Å². The second kappa shape index (κ2) is 10.6. The maximum absolute atomic E-state index is 12.5. The lowest BCUT2D eigenvalue weighted by Crippen LogP contribution is -2.53. The maximum atomic E-state index is 12.5. The highest BCUT2D eigenvalue weighted by Gasteiger charge is 2.36. The van der Waals surface area contributed by atoms with Gasteiger partial charge in [-0.25, -0.2) is 19.7 Å². The van der Waals surface area contributed by atoms with E-state index in [1.165, 1.54) is 0 Å². The van der Waals surface area contributed by atoms with Crippen LogP contribution < -0.4 is 20.7 Å². The van der Waals surface area contributed by atoms with Crippen molar-refractivity contribution in [2.75, 3.05) is 57.1 Å². The molecule has 3 fully saturated rings. The Hall–Kier alpha value is -3.25. The zero-order valence-corrected chi connectivity index (χ0v) is 19.9. The average Bonchev–Trinajstić information content (AvgIpc) is 3.39. The number of hydrogen-bond donors (Lipinski definition) is 2. The Morgan fingerprint density at radius 1 is 1.23 bits per heavy atom. The predicted octanol–water partition coefficient (Wildman–Crippen LogP) is 1.08. The number of urea groups is 1. The van der Waals surface area contributed by atoms with Gasteiger partial charge in [-0.3, -0.25) is 0 Å². The van der Waals surface area contributed by atoms with Crippen molar-refractivity contribution in [2.45, 2.75) is 43.9 Å². The van der Waals surface area contributed by atoms with Crippen LogP contribution >= 0.6 is 0 Å². The fourth-order valence-electron chi connectivity index (χ4n) is 4.41. The van der Waals surface area contributed by atoms with E-state index in [1.807, 2.05) is 7.05 Å². The Balaban J connectivity index is 1.22. The summed E-state index contributed by atoms with van der Waals surface area (Å²) >= 11 is 0. The normalized spacial score (nSPS) is 24.0. The minimum Gasteiger partial charge on any atom is -0.474 e. The average molecular weight is 485 g/mol. The SMILES string of the molecule is CN(C(=O)NC[C@@H]1CCCO1)[C@H]1C[C@H](Oc2cc(-c3cnc(N)nc3)nc(N3CCOCC3)n2)C1. The molecule has 1 atom stereocenters. The minimum atomic E-state index is -0.0776. The minimum absolute atomic E-state index is 0.0311. The van der Waals surface area contributed by atoms with Gasteiger partial charge in [-0.15, -0.1) is 0 Å². The second-order valence-corrected chi connectivity index (χ2v) is 9.12. The van der Waals surface area contributed by atoms with Crippen LogP contribution in [0.2, 0.25) is 0 Å². The third-order valence-corrected chi connectivity index (χ3v) is 6.68. The molecule has 12 nitrogen and oxygen atoms in total. The summed E-state index contributed by atoms with van der Waals surface area (Å²) in [4.78, 5) is 33.9. The lowest BCUT2D eigenvalue weighted by Gasteiger charge is -2.40. The summed E-state index contributed by atoms with van der Waals surface area (Å²) in [5.41, 5.74) is 7.04. The number of morpholine rings is 1. The molecular weight excluding hydrogens is 452 g/mol. The molecule has 0 unspecified atom stereocenters. The van der Waals surface area contributed by atoms with Gasteiger partial charge in [0, 0.05) is 76.2 Å². The Bertz CT molecular complexity index is 1010. The van der Waals surface area contributed by atoms with Gasteiger partial charge in [0.2, 0.25) is 17.8 Å². The number of anilines is 2. The molecule has 3 aliphatic rings. The van der Waals surface area contributed by atoms with E-state index in [0.717, 1.165) is 37.9 Å². The van der Waals surface area contributed by atoms with Crippen molar-refractivity contribution < 1.29 is 19.0 Å². The number of rotatable bonds is 7. The lowest BCUT2D eigenvalue weighted by molar-refractivity contribution is 0.0393. The molecule has 2 aromatic heterocycles. The summed E-state index contributed by atoms with van der Waals surface area (Å²) in [5.74, 6) is 1.28. The third kappa shape index (κ3) is 5.70. The van der Waals surface area contributed by atoms with Crippen molar-refractivity contribution >= 4 is 17.9 Å². The molecule has 5 rings (SSSR count). The van der Waals surface area contributed by atoms with Crippen molar-refractivity contribution in [3.05, 3.63) is 18.5 Å². The van der Waals surface area contributed by atoms with Crippen molar-refractivity contribution in [3.8, 4) is 17.1 Å². The van der Waals surface area contributed by atoms with Gasteiger partial charge >= 0.3 is 6.03 Å². The van der Waals surface area contributed by atoms with Crippen molar-refractivity contribution in [1.29, 1.82) is 0 Å². The van der Waals surface area contributed by atoms with Gasteiger partial charge in [0.15, 0.2) is 0 Å². The molecule has 2 saturated heterocycles. The van der Waals surface area contributed by atoms with Crippen LogP contribution in [0.25, 0.3) is 11.3 Å². The topological polar surface area (TPSA) is 141 Å². The fourth-order valence-corrected chi connectivity index (χ4v) is 4.41. The molecule has 188 valence electrons. The number of carbonyl (C=O) groups excluding carboxylic acids is 1. The van der Waals surface area contributed by atoms with E-state index < -0.39 is 0 Å². The van der Waals surface area contributed by atoms with E-state index in [2.05, 4.69) is 25.2 Å². The molecule has 0 radical (unpaired) electrons. The number of carbonyl (C=O) groups is 1. The summed E-state index contributed by atoms with van der Waals surface area (Å²) in [7, 11) is 1.83. The fraction of sp³-hybridized carbons (Fsp3) is 0.609. The van der Waals surface area contributed by atoms with Crippen LogP contribution in [0, 0.1) is 0 Å². The Morgan fingerprint density at radius 3 is 2.71 bits per heavy atom. The van der Waals surface area contributed by atoms with Gasteiger partial charge in [0.25, 0.3) is 0 Å².